The van der Waals surface area contributed by atoms with Gasteiger partial charge in [0.05, 0.1) is 6.61 Å². The molecule has 0 aliphatic rings. The third-order valence-corrected chi connectivity index (χ3v) is 4.40. The van der Waals surface area contributed by atoms with Crippen LogP contribution in [0.5, 0.6) is 0 Å². The summed E-state index contributed by atoms with van der Waals surface area (Å²) in [7, 11) is -4.26. The van der Waals surface area contributed by atoms with E-state index >= 15 is 0 Å². The Morgan fingerprint density at radius 2 is 1.00 bits per heavy atom. The lowest BCUT2D eigenvalue weighted by atomic mass is 10.0. The van der Waals surface area contributed by atoms with Gasteiger partial charge >= 0.3 is 7.82 Å². The van der Waals surface area contributed by atoms with Crippen LogP contribution in [0.25, 0.3) is 0 Å². The maximum atomic E-state index is 10.4. The molecule has 6 heteroatoms. The molecular formula is C15H33O4PS. The van der Waals surface area contributed by atoms with Crippen LogP contribution in [0.2, 0.25) is 0 Å². The minimum atomic E-state index is -4.26. The summed E-state index contributed by atoms with van der Waals surface area (Å²) >= 11 is 4.21. The van der Waals surface area contributed by atoms with E-state index in [1.807, 2.05) is 0 Å². The fraction of sp³-hybridized carbons (Fsp3) is 1.00. The zero-order valence-corrected chi connectivity index (χ0v) is 15.0. The zero-order valence-electron chi connectivity index (χ0n) is 13.2. The van der Waals surface area contributed by atoms with Gasteiger partial charge in [-0.3, -0.25) is 4.52 Å². The van der Waals surface area contributed by atoms with Gasteiger partial charge in [0.1, 0.15) is 0 Å². The highest BCUT2D eigenvalue weighted by Gasteiger charge is 2.12. The van der Waals surface area contributed by atoms with Crippen LogP contribution in [0.1, 0.15) is 83.5 Å². The summed E-state index contributed by atoms with van der Waals surface area (Å²) in [6.45, 7) is 0.164. The minimum Gasteiger partial charge on any atom is -0.303 e. The Kier molecular flexibility index (Phi) is 15.7. The van der Waals surface area contributed by atoms with Crippen LogP contribution in [-0.4, -0.2) is 22.1 Å². The minimum absolute atomic E-state index is 0.164. The Balaban J connectivity index is 3.01. The van der Waals surface area contributed by atoms with Crippen molar-refractivity contribution in [2.75, 3.05) is 12.4 Å². The van der Waals surface area contributed by atoms with Crippen LogP contribution in [0.3, 0.4) is 0 Å². The maximum absolute atomic E-state index is 10.4. The van der Waals surface area contributed by atoms with E-state index in [1.165, 1.54) is 64.2 Å². The van der Waals surface area contributed by atoms with E-state index in [9.17, 15) is 4.57 Å². The van der Waals surface area contributed by atoms with Crippen LogP contribution in [0, 0.1) is 0 Å². The Bertz CT molecular complexity index is 258. The molecule has 0 unspecified atom stereocenters. The molecule has 0 fully saturated rings. The van der Waals surface area contributed by atoms with Gasteiger partial charge in [0.15, 0.2) is 0 Å². The highest BCUT2D eigenvalue weighted by atomic mass is 32.1. The Labute approximate surface area is 135 Å². The smallest absolute Gasteiger partial charge is 0.303 e. The van der Waals surface area contributed by atoms with Gasteiger partial charge in [-0.2, -0.15) is 12.6 Å². The molecule has 0 aliphatic heterocycles. The second-order valence-electron chi connectivity index (χ2n) is 5.64. The van der Waals surface area contributed by atoms with E-state index < -0.39 is 7.82 Å². The van der Waals surface area contributed by atoms with Gasteiger partial charge in [-0.25, -0.2) is 4.57 Å². The molecule has 0 spiro atoms. The second kappa shape index (κ2) is 15.4. The van der Waals surface area contributed by atoms with E-state index in [1.54, 1.807) is 0 Å². The van der Waals surface area contributed by atoms with Crippen LogP contribution in [0.15, 0.2) is 0 Å². The summed E-state index contributed by atoms with van der Waals surface area (Å²) < 4.78 is 14.8. The molecule has 0 atom stereocenters. The third-order valence-electron chi connectivity index (χ3n) is 3.56. The lowest BCUT2D eigenvalue weighted by molar-refractivity contribution is 0.193. The first-order chi connectivity index (χ1) is 10.1. The molecule has 0 amide bonds. The lowest BCUT2D eigenvalue weighted by Gasteiger charge is -2.05. The largest absolute Gasteiger partial charge is 0.469 e. The van der Waals surface area contributed by atoms with Gasteiger partial charge in [0.25, 0.3) is 0 Å². The van der Waals surface area contributed by atoms with Crippen molar-refractivity contribution in [1.82, 2.24) is 0 Å². The standard InChI is InChI=1S/C15H33O4PS/c16-20(17,18)19-14-12-10-8-6-4-2-1-3-5-7-9-11-13-15-21/h21H,1-15H2,(H2,16,17,18). The molecule has 0 aromatic heterocycles. The van der Waals surface area contributed by atoms with Gasteiger partial charge in [-0.15, -0.1) is 0 Å². The third kappa shape index (κ3) is 20.5. The van der Waals surface area contributed by atoms with Crippen molar-refractivity contribution in [1.29, 1.82) is 0 Å². The number of unbranched alkanes of at least 4 members (excludes halogenated alkanes) is 12. The number of hydrogen-bond donors (Lipinski definition) is 3. The topological polar surface area (TPSA) is 66.8 Å². The molecule has 21 heavy (non-hydrogen) atoms. The maximum Gasteiger partial charge on any atom is 0.469 e. The first kappa shape index (κ1) is 21.5. The predicted octanol–water partition coefficient (Wildman–Crippen LogP) is 5.10. The molecule has 0 saturated heterocycles. The van der Waals surface area contributed by atoms with Crippen LogP contribution < -0.4 is 0 Å². The van der Waals surface area contributed by atoms with Gasteiger partial charge in [-0.05, 0) is 18.6 Å². The van der Waals surface area contributed by atoms with Crippen LogP contribution in [-0.2, 0) is 9.09 Å². The number of hydrogen-bond acceptors (Lipinski definition) is 3. The van der Waals surface area contributed by atoms with Gasteiger partial charge < -0.3 is 9.79 Å². The van der Waals surface area contributed by atoms with E-state index in [2.05, 4.69) is 17.2 Å². The van der Waals surface area contributed by atoms with Crippen molar-refractivity contribution in [3.63, 3.8) is 0 Å². The summed E-state index contributed by atoms with van der Waals surface area (Å²) in [5.74, 6) is 1.02. The highest BCUT2D eigenvalue weighted by Crippen LogP contribution is 2.35. The summed E-state index contributed by atoms with van der Waals surface area (Å²) in [6, 6.07) is 0. The number of rotatable bonds is 16. The highest BCUT2D eigenvalue weighted by molar-refractivity contribution is 7.80. The van der Waals surface area contributed by atoms with Crippen LogP contribution >= 0.6 is 20.5 Å². The molecule has 0 bridgehead atoms. The van der Waals surface area contributed by atoms with Crippen LogP contribution in [0.4, 0.5) is 0 Å². The molecule has 0 saturated carbocycles. The molecule has 0 aromatic rings. The van der Waals surface area contributed by atoms with Crippen molar-refractivity contribution >= 4 is 20.5 Å². The van der Waals surface area contributed by atoms with Gasteiger partial charge in [0, 0.05) is 0 Å². The molecule has 0 heterocycles. The summed E-state index contributed by atoms with van der Waals surface area (Å²) in [5.41, 5.74) is 0. The summed E-state index contributed by atoms with van der Waals surface area (Å²) in [5, 5.41) is 0. The average Bonchev–Trinajstić information content (AvgIpc) is 2.42. The summed E-state index contributed by atoms with van der Waals surface area (Å²) in [6.07, 6.45) is 16.0. The van der Waals surface area contributed by atoms with Crippen molar-refractivity contribution in [3.8, 4) is 0 Å². The molecule has 0 radical (unpaired) electrons. The van der Waals surface area contributed by atoms with E-state index in [0.717, 1.165) is 25.0 Å². The monoisotopic (exact) mass is 340 g/mol. The van der Waals surface area contributed by atoms with Crippen molar-refractivity contribution in [2.45, 2.75) is 83.5 Å². The summed E-state index contributed by atoms with van der Waals surface area (Å²) in [4.78, 5) is 17.0. The van der Waals surface area contributed by atoms with Gasteiger partial charge in [-0.1, -0.05) is 70.6 Å². The zero-order chi connectivity index (χ0) is 15.8. The first-order valence-corrected chi connectivity index (χ1v) is 10.5. The fourth-order valence-electron chi connectivity index (χ4n) is 2.34. The quantitative estimate of drug-likeness (QED) is 0.208. The Morgan fingerprint density at radius 1 is 0.667 bits per heavy atom. The fourth-order valence-corrected chi connectivity index (χ4v) is 2.93. The van der Waals surface area contributed by atoms with Crippen molar-refractivity contribution < 1.29 is 18.9 Å². The van der Waals surface area contributed by atoms with E-state index in [0.29, 0.717) is 0 Å². The number of thiol groups is 1. The predicted molar refractivity (Wildman–Crippen MR) is 91.9 cm³/mol. The molecular weight excluding hydrogens is 307 g/mol. The molecule has 0 aromatic carbocycles. The lowest BCUT2D eigenvalue weighted by Crippen LogP contribution is -1.92. The number of phosphoric acid groups is 1. The van der Waals surface area contributed by atoms with Gasteiger partial charge in [0.2, 0.25) is 0 Å². The number of phosphoric ester groups is 1. The molecule has 0 rings (SSSR count). The Morgan fingerprint density at radius 3 is 1.33 bits per heavy atom. The van der Waals surface area contributed by atoms with E-state index in [-0.39, 0.29) is 6.61 Å². The van der Waals surface area contributed by atoms with Crippen molar-refractivity contribution in [3.05, 3.63) is 0 Å². The molecule has 0 aliphatic carbocycles. The second-order valence-corrected chi connectivity index (χ2v) is 7.33. The average molecular weight is 340 g/mol. The Hall–Kier alpha value is 0.460. The molecule has 128 valence electrons. The normalized spacial score (nSPS) is 12.0. The molecule has 2 N–H and O–H groups in total. The van der Waals surface area contributed by atoms with Crippen molar-refractivity contribution in [2.24, 2.45) is 0 Å². The SMILES string of the molecule is O=P(O)(O)OCCCCCCCCCCCCCCCS. The first-order valence-electron chi connectivity index (χ1n) is 8.37. The van der Waals surface area contributed by atoms with E-state index in [4.69, 9.17) is 9.79 Å². The molecule has 4 nitrogen and oxygen atoms in total.